The molecule has 0 aliphatic carbocycles. The number of unbranched alkanes of at least 4 members (excludes halogenated alkanes) is 31. The van der Waals surface area contributed by atoms with Crippen LogP contribution in [0.5, 0.6) is 0 Å². The first-order valence-electron chi connectivity index (χ1n) is 27.6. The molecule has 6 heteroatoms. The number of carbonyl (C=O) groups excluding carboxylic acids is 3. The highest BCUT2D eigenvalue weighted by Gasteiger charge is 2.19. The summed E-state index contributed by atoms with van der Waals surface area (Å²) < 4.78 is 16.8. The van der Waals surface area contributed by atoms with E-state index in [0.717, 1.165) is 103 Å². The Bertz CT molecular complexity index is 1120. The molecule has 0 heterocycles. The molecule has 0 aromatic heterocycles. The van der Waals surface area contributed by atoms with Crippen LogP contribution in [0.3, 0.4) is 0 Å². The van der Waals surface area contributed by atoms with Crippen LogP contribution in [0.4, 0.5) is 0 Å². The fourth-order valence-corrected chi connectivity index (χ4v) is 7.83. The molecule has 6 nitrogen and oxygen atoms in total. The second kappa shape index (κ2) is 53.0. The summed E-state index contributed by atoms with van der Waals surface area (Å²) in [7, 11) is 0. The predicted octanol–water partition coefficient (Wildman–Crippen LogP) is 18.3. The maximum absolute atomic E-state index is 12.8. The lowest BCUT2D eigenvalue weighted by Crippen LogP contribution is -2.30. The molecule has 0 fully saturated rings. The summed E-state index contributed by atoms with van der Waals surface area (Å²) in [5.41, 5.74) is 0. The first-order valence-corrected chi connectivity index (χ1v) is 27.6. The van der Waals surface area contributed by atoms with Crippen molar-refractivity contribution < 1.29 is 28.6 Å². The van der Waals surface area contributed by atoms with Crippen LogP contribution in [0.1, 0.15) is 284 Å². The zero-order chi connectivity index (χ0) is 46.5. The molecule has 0 saturated carbocycles. The largest absolute Gasteiger partial charge is 0.462 e. The molecule has 0 aromatic rings. The van der Waals surface area contributed by atoms with Gasteiger partial charge in [0.05, 0.1) is 0 Å². The Labute approximate surface area is 397 Å². The van der Waals surface area contributed by atoms with Crippen molar-refractivity contribution >= 4 is 17.9 Å². The van der Waals surface area contributed by atoms with Crippen molar-refractivity contribution in [2.75, 3.05) is 13.2 Å². The molecular weight excluding hydrogens is 793 g/mol. The molecule has 0 N–H and O–H groups in total. The minimum atomic E-state index is -0.783. The Kier molecular flexibility index (Phi) is 50.8. The Balaban J connectivity index is 4.36. The van der Waals surface area contributed by atoms with Crippen molar-refractivity contribution in [2.45, 2.75) is 290 Å². The van der Waals surface area contributed by atoms with Crippen LogP contribution in [0.2, 0.25) is 0 Å². The predicted molar refractivity (Wildman–Crippen MR) is 275 cm³/mol. The number of hydrogen-bond donors (Lipinski definition) is 0. The molecule has 0 bridgehead atoms. The first-order chi connectivity index (χ1) is 31.5. The monoisotopic (exact) mass is 897 g/mol. The van der Waals surface area contributed by atoms with Crippen molar-refractivity contribution in [3.05, 3.63) is 48.6 Å². The number of carbonyl (C=O) groups is 3. The van der Waals surface area contributed by atoms with Gasteiger partial charge < -0.3 is 14.2 Å². The van der Waals surface area contributed by atoms with Crippen LogP contribution in [0.15, 0.2) is 48.6 Å². The van der Waals surface area contributed by atoms with Crippen LogP contribution in [-0.4, -0.2) is 37.2 Å². The Hall–Kier alpha value is -2.63. The van der Waals surface area contributed by atoms with Crippen LogP contribution < -0.4 is 0 Å². The third kappa shape index (κ3) is 50.4. The summed E-state index contributed by atoms with van der Waals surface area (Å²) in [6, 6.07) is 0. The van der Waals surface area contributed by atoms with Gasteiger partial charge in [0, 0.05) is 19.3 Å². The minimum absolute atomic E-state index is 0.0808. The van der Waals surface area contributed by atoms with Gasteiger partial charge in [-0.2, -0.15) is 0 Å². The summed E-state index contributed by atoms with van der Waals surface area (Å²) in [6.45, 7) is 6.56. The lowest BCUT2D eigenvalue weighted by Gasteiger charge is -2.18. The number of hydrogen-bond acceptors (Lipinski definition) is 6. The minimum Gasteiger partial charge on any atom is -0.462 e. The first kappa shape index (κ1) is 61.4. The van der Waals surface area contributed by atoms with Gasteiger partial charge in [-0.1, -0.05) is 243 Å². The molecule has 0 aliphatic rings. The van der Waals surface area contributed by atoms with Gasteiger partial charge in [0.15, 0.2) is 6.10 Å². The van der Waals surface area contributed by atoms with Gasteiger partial charge in [0.25, 0.3) is 0 Å². The summed E-state index contributed by atoms with van der Waals surface area (Å²) in [5.74, 6) is -0.898. The van der Waals surface area contributed by atoms with Crippen molar-refractivity contribution in [3.8, 4) is 0 Å². The fraction of sp³-hybridized carbons (Fsp3) is 0.810. The third-order valence-electron chi connectivity index (χ3n) is 12.1. The van der Waals surface area contributed by atoms with E-state index in [2.05, 4.69) is 69.4 Å². The van der Waals surface area contributed by atoms with Crippen molar-refractivity contribution in [1.82, 2.24) is 0 Å². The lowest BCUT2D eigenvalue weighted by molar-refractivity contribution is -0.167. The quantitative estimate of drug-likeness (QED) is 0.0262. The second-order valence-electron chi connectivity index (χ2n) is 18.5. The van der Waals surface area contributed by atoms with Gasteiger partial charge >= 0.3 is 17.9 Å². The van der Waals surface area contributed by atoms with E-state index in [1.54, 1.807) is 0 Å². The molecule has 0 radical (unpaired) electrons. The summed E-state index contributed by atoms with van der Waals surface area (Å²) in [6.07, 6.45) is 63.8. The third-order valence-corrected chi connectivity index (χ3v) is 12.1. The van der Waals surface area contributed by atoms with E-state index in [-0.39, 0.29) is 31.1 Å². The van der Waals surface area contributed by atoms with Gasteiger partial charge in [-0.15, -0.1) is 0 Å². The van der Waals surface area contributed by atoms with Gasteiger partial charge in [-0.05, 0) is 70.6 Å². The molecule has 0 aromatic carbocycles. The van der Waals surface area contributed by atoms with Crippen molar-refractivity contribution in [3.63, 3.8) is 0 Å². The van der Waals surface area contributed by atoms with E-state index in [9.17, 15) is 14.4 Å². The zero-order valence-electron chi connectivity index (χ0n) is 42.6. The van der Waals surface area contributed by atoms with Gasteiger partial charge in [-0.25, -0.2) is 0 Å². The summed E-state index contributed by atoms with van der Waals surface area (Å²) in [4.78, 5) is 38.1. The van der Waals surface area contributed by atoms with Gasteiger partial charge in [0.2, 0.25) is 0 Å². The van der Waals surface area contributed by atoms with Gasteiger partial charge in [-0.3, -0.25) is 14.4 Å². The normalized spacial score (nSPS) is 12.4. The average molecular weight is 897 g/mol. The standard InChI is InChI=1S/C58H104O6/c1-4-7-10-13-16-19-22-25-28-29-30-31-34-36-39-42-45-48-51-57(60)63-54-55(64-58(61)52-49-46-43-40-37-33-27-24-21-18-15-12-9-6-3)53-62-56(59)50-47-44-41-38-35-32-26-23-20-17-14-11-8-5-2/h14-15,17-18,23-24,26-27,55H,4-13,16,19-22,25,28-54H2,1-3H3/b17-14-,18-15-,26-23-,27-24-. The molecular formula is C58H104O6. The highest BCUT2D eigenvalue weighted by molar-refractivity contribution is 5.71. The Morgan fingerprint density at radius 3 is 0.906 bits per heavy atom. The maximum atomic E-state index is 12.8. The molecule has 0 spiro atoms. The fourth-order valence-electron chi connectivity index (χ4n) is 7.83. The zero-order valence-corrected chi connectivity index (χ0v) is 42.6. The van der Waals surface area contributed by atoms with Crippen LogP contribution >= 0.6 is 0 Å². The molecule has 0 saturated heterocycles. The summed E-state index contributed by atoms with van der Waals surface area (Å²) >= 11 is 0. The van der Waals surface area contributed by atoms with E-state index in [1.165, 1.54) is 141 Å². The number of ether oxygens (including phenoxy) is 3. The van der Waals surface area contributed by atoms with Crippen LogP contribution in [0.25, 0.3) is 0 Å². The van der Waals surface area contributed by atoms with Crippen LogP contribution in [0, 0.1) is 0 Å². The maximum Gasteiger partial charge on any atom is 0.306 e. The number of esters is 3. The van der Waals surface area contributed by atoms with Gasteiger partial charge in [0.1, 0.15) is 13.2 Å². The molecule has 0 rings (SSSR count). The number of allylic oxidation sites excluding steroid dienone is 8. The highest BCUT2D eigenvalue weighted by Crippen LogP contribution is 2.16. The Morgan fingerprint density at radius 1 is 0.312 bits per heavy atom. The molecule has 1 atom stereocenters. The second-order valence-corrected chi connectivity index (χ2v) is 18.5. The topological polar surface area (TPSA) is 78.9 Å². The SMILES string of the molecule is CCCC/C=C\C/C=C\CCCCCCCC(=O)OCC(COC(=O)CCCCCCCCCCCCCCCCCCCC)OC(=O)CCCCCCC/C=C\C/C=C\CCCC. The molecule has 0 aliphatic heterocycles. The van der Waals surface area contributed by atoms with E-state index < -0.39 is 6.10 Å². The van der Waals surface area contributed by atoms with E-state index in [4.69, 9.17) is 14.2 Å². The van der Waals surface area contributed by atoms with Crippen molar-refractivity contribution in [2.24, 2.45) is 0 Å². The van der Waals surface area contributed by atoms with E-state index in [0.29, 0.717) is 19.3 Å². The Morgan fingerprint density at radius 2 is 0.578 bits per heavy atom. The van der Waals surface area contributed by atoms with Crippen molar-refractivity contribution in [1.29, 1.82) is 0 Å². The summed E-state index contributed by atoms with van der Waals surface area (Å²) in [5, 5.41) is 0. The van der Waals surface area contributed by atoms with E-state index in [1.807, 2.05) is 0 Å². The van der Waals surface area contributed by atoms with Crippen LogP contribution in [-0.2, 0) is 28.6 Å². The average Bonchev–Trinajstić information content (AvgIpc) is 3.29. The number of rotatable bonds is 50. The van der Waals surface area contributed by atoms with E-state index >= 15 is 0 Å². The highest BCUT2D eigenvalue weighted by atomic mass is 16.6. The molecule has 372 valence electrons. The smallest absolute Gasteiger partial charge is 0.306 e. The molecule has 0 amide bonds. The lowest BCUT2D eigenvalue weighted by atomic mass is 10.0. The molecule has 1 unspecified atom stereocenters. The molecule has 64 heavy (non-hydrogen) atoms.